The molecule has 28 heavy (non-hydrogen) atoms. The lowest BCUT2D eigenvalue weighted by atomic mass is 9.45. The molecule has 3 aliphatic rings. The smallest absolute Gasteiger partial charge is 0.123 e. The number of aromatic nitrogens is 2. The highest BCUT2D eigenvalue weighted by Crippen LogP contribution is 2.61. The van der Waals surface area contributed by atoms with Gasteiger partial charge in [0.15, 0.2) is 0 Å². The predicted octanol–water partition coefficient (Wildman–Crippen LogP) is 5.40. The van der Waals surface area contributed by atoms with E-state index in [2.05, 4.69) is 86.2 Å². The third-order valence-electron chi connectivity index (χ3n) is 7.96. The summed E-state index contributed by atoms with van der Waals surface area (Å²) in [5, 5.41) is 3.85. The highest BCUT2D eigenvalue weighted by molar-refractivity contribution is 5.82. The van der Waals surface area contributed by atoms with Crippen LogP contribution in [0.25, 0.3) is 22.2 Å². The van der Waals surface area contributed by atoms with Gasteiger partial charge in [-0.2, -0.15) is 0 Å². The van der Waals surface area contributed by atoms with Crippen LogP contribution in [0.1, 0.15) is 39.4 Å². The molecule has 1 unspecified atom stereocenters. The number of hydrogen-bond acceptors (Lipinski definition) is 2. The molecule has 2 aromatic carbocycles. The molecule has 0 spiro atoms. The van der Waals surface area contributed by atoms with Crippen molar-refractivity contribution in [3.63, 3.8) is 0 Å². The largest absolute Gasteiger partial charge is 0.330 e. The van der Waals surface area contributed by atoms with Crippen LogP contribution in [0.3, 0.4) is 0 Å². The zero-order chi connectivity index (χ0) is 19.5. The van der Waals surface area contributed by atoms with E-state index in [0.29, 0.717) is 11.5 Å². The van der Waals surface area contributed by atoms with Crippen molar-refractivity contribution < 1.29 is 0 Å². The van der Waals surface area contributed by atoms with Gasteiger partial charge in [0.1, 0.15) is 5.82 Å². The molecule has 2 bridgehead atoms. The molecule has 0 saturated heterocycles. The zero-order valence-electron chi connectivity index (χ0n) is 17.4. The Morgan fingerprint density at radius 2 is 1.86 bits per heavy atom. The standard InChI is InChI=1S/C25H31N3/c1-16-20-13-19(25(20,2)3)14-22(16)26-15-24-27-21-11-10-18(12-23(21)28(24)4)17-8-6-5-7-9-17/h5-12,16,19-20,22,26H,13-15H2,1-4H3/t16-,19+,20-,22?/m1/s1. The summed E-state index contributed by atoms with van der Waals surface area (Å²) in [5.74, 6) is 3.64. The van der Waals surface area contributed by atoms with Crippen LogP contribution in [0.4, 0.5) is 0 Å². The molecule has 3 fully saturated rings. The summed E-state index contributed by atoms with van der Waals surface area (Å²) in [6, 6.07) is 17.8. The quantitative estimate of drug-likeness (QED) is 0.663. The van der Waals surface area contributed by atoms with E-state index in [9.17, 15) is 0 Å². The number of nitrogens with zero attached hydrogens (tertiary/aromatic N) is 2. The Morgan fingerprint density at radius 3 is 2.57 bits per heavy atom. The second kappa shape index (κ2) is 6.45. The van der Waals surface area contributed by atoms with Gasteiger partial charge in [0, 0.05) is 13.1 Å². The van der Waals surface area contributed by atoms with E-state index in [1.165, 1.54) is 29.5 Å². The Bertz CT molecular complexity index is 1000. The van der Waals surface area contributed by atoms with Crippen molar-refractivity contribution in [1.29, 1.82) is 0 Å². The summed E-state index contributed by atoms with van der Waals surface area (Å²) in [6.45, 7) is 8.23. The first kappa shape index (κ1) is 17.9. The van der Waals surface area contributed by atoms with E-state index < -0.39 is 0 Å². The lowest BCUT2D eigenvalue weighted by Crippen LogP contribution is -2.59. The molecule has 3 nitrogen and oxygen atoms in total. The van der Waals surface area contributed by atoms with Gasteiger partial charge < -0.3 is 9.88 Å². The Labute approximate surface area is 168 Å². The van der Waals surface area contributed by atoms with Crippen molar-refractivity contribution >= 4 is 11.0 Å². The van der Waals surface area contributed by atoms with Gasteiger partial charge in [-0.05, 0) is 59.3 Å². The molecular weight excluding hydrogens is 342 g/mol. The second-order valence-corrected chi connectivity index (χ2v) is 9.60. The first-order valence-electron chi connectivity index (χ1n) is 10.7. The number of nitrogens with one attached hydrogen (secondary N) is 1. The van der Waals surface area contributed by atoms with Gasteiger partial charge in [-0.15, -0.1) is 0 Å². The Morgan fingerprint density at radius 1 is 1.07 bits per heavy atom. The van der Waals surface area contributed by atoms with E-state index in [1.807, 2.05) is 0 Å². The van der Waals surface area contributed by atoms with Crippen LogP contribution in [-0.2, 0) is 13.6 Å². The molecule has 3 aliphatic carbocycles. The maximum Gasteiger partial charge on any atom is 0.123 e. The second-order valence-electron chi connectivity index (χ2n) is 9.60. The molecule has 0 amide bonds. The minimum Gasteiger partial charge on any atom is -0.330 e. The third kappa shape index (κ3) is 2.71. The summed E-state index contributed by atoms with van der Waals surface area (Å²) >= 11 is 0. The van der Waals surface area contributed by atoms with Crippen LogP contribution in [0.5, 0.6) is 0 Å². The molecule has 1 N–H and O–H groups in total. The van der Waals surface area contributed by atoms with Gasteiger partial charge in [0.2, 0.25) is 0 Å². The fourth-order valence-electron chi connectivity index (χ4n) is 5.85. The Balaban J connectivity index is 1.35. The third-order valence-corrected chi connectivity index (χ3v) is 7.96. The van der Waals surface area contributed by atoms with Gasteiger partial charge in [-0.1, -0.05) is 57.2 Å². The number of fused-ring (bicyclic) bond motifs is 3. The van der Waals surface area contributed by atoms with Crippen molar-refractivity contribution in [2.45, 2.75) is 46.2 Å². The van der Waals surface area contributed by atoms with Crippen LogP contribution in [0.2, 0.25) is 0 Å². The van der Waals surface area contributed by atoms with Crippen LogP contribution < -0.4 is 5.32 Å². The first-order valence-corrected chi connectivity index (χ1v) is 10.7. The molecule has 3 heteroatoms. The SMILES string of the molecule is C[C@H]1C(NCc2nc3ccc(-c4ccccc4)cc3n2C)C[C@@H]2C[C@H]1C2(C)C. The van der Waals surface area contributed by atoms with Gasteiger partial charge >= 0.3 is 0 Å². The fraction of sp³-hybridized carbons (Fsp3) is 0.480. The average Bonchev–Trinajstić information content (AvgIpc) is 3.02. The van der Waals surface area contributed by atoms with Crippen LogP contribution in [0.15, 0.2) is 48.5 Å². The van der Waals surface area contributed by atoms with Gasteiger partial charge in [0.25, 0.3) is 0 Å². The summed E-state index contributed by atoms with van der Waals surface area (Å²) in [6.07, 6.45) is 2.74. The highest BCUT2D eigenvalue weighted by atomic mass is 15.1. The molecular formula is C25H31N3. The number of hydrogen-bond donors (Lipinski definition) is 1. The Kier molecular flexibility index (Phi) is 4.13. The minimum absolute atomic E-state index is 0.545. The number of aryl methyl sites for hydroxylation is 1. The number of imidazole rings is 1. The van der Waals surface area contributed by atoms with E-state index in [4.69, 9.17) is 4.98 Å². The topological polar surface area (TPSA) is 29.9 Å². The molecule has 146 valence electrons. The van der Waals surface area contributed by atoms with Crippen molar-refractivity contribution in [3.8, 4) is 11.1 Å². The first-order chi connectivity index (χ1) is 13.4. The molecule has 3 aromatic rings. The summed E-state index contributed by atoms with van der Waals surface area (Å²) in [7, 11) is 2.14. The normalized spacial score (nSPS) is 28.3. The molecule has 1 heterocycles. The van der Waals surface area contributed by atoms with E-state index in [1.54, 1.807) is 0 Å². The maximum absolute atomic E-state index is 4.92. The lowest BCUT2D eigenvalue weighted by molar-refractivity contribution is -0.115. The van der Waals surface area contributed by atoms with Crippen LogP contribution in [0, 0.1) is 23.2 Å². The summed E-state index contributed by atoms with van der Waals surface area (Å²) < 4.78 is 2.26. The van der Waals surface area contributed by atoms with Crippen molar-refractivity contribution in [1.82, 2.24) is 14.9 Å². The summed E-state index contributed by atoms with van der Waals surface area (Å²) in [5.41, 5.74) is 5.34. The zero-order valence-corrected chi connectivity index (χ0v) is 17.4. The van der Waals surface area contributed by atoms with Crippen LogP contribution >= 0.6 is 0 Å². The van der Waals surface area contributed by atoms with Crippen molar-refractivity contribution in [3.05, 3.63) is 54.4 Å². The van der Waals surface area contributed by atoms with Crippen LogP contribution in [-0.4, -0.2) is 15.6 Å². The number of benzene rings is 2. The Hall–Kier alpha value is -2.13. The molecule has 3 saturated carbocycles. The number of rotatable bonds is 4. The molecule has 0 aliphatic heterocycles. The van der Waals surface area contributed by atoms with Crippen molar-refractivity contribution in [2.24, 2.45) is 30.2 Å². The fourth-order valence-corrected chi connectivity index (χ4v) is 5.85. The molecule has 1 aromatic heterocycles. The van der Waals surface area contributed by atoms with E-state index in [-0.39, 0.29) is 0 Å². The predicted molar refractivity (Wildman–Crippen MR) is 116 cm³/mol. The van der Waals surface area contributed by atoms with Gasteiger partial charge in [-0.25, -0.2) is 4.98 Å². The van der Waals surface area contributed by atoms with E-state index >= 15 is 0 Å². The highest BCUT2D eigenvalue weighted by Gasteiger charge is 2.55. The monoisotopic (exact) mass is 373 g/mol. The molecule has 6 rings (SSSR count). The molecule has 0 radical (unpaired) electrons. The average molecular weight is 374 g/mol. The van der Waals surface area contributed by atoms with E-state index in [0.717, 1.165) is 35.6 Å². The lowest BCUT2D eigenvalue weighted by Gasteiger charge is -2.62. The maximum atomic E-state index is 4.92. The summed E-state index contributed by atoms with van der Waals surface area (Å²) in [4.78, 5) is 4.92. The van der Waals surface area contributed by atoms with Gasteiger partial charge in [0.05, 0.1) is 17.6 Å². The minimum atomic E-state index is 0.545. The van der Waals surface area contributed by atoms with Crippen molar-refractivity contribution in [2.75, 3.05) is 0 Å². The van der Waals surface area contributed by atoms with Gasteiger partial charge in [-0.3, -0.25) is 0 Å². The molecule has 4 atom stereocenters.